The Kier molecular flexibility index (Phi) is 6.44. The number of amides is 1. The smallest absolute Gasteiger partial charge is 0.254 e. The van der Waals surface area contributed by atoms with Crippen molar-refractivity contribution in [3.05, 3.63) is 64.7 Å². The molecule has 2 aromatic carbocycles. The van der Waals surface area contributed by atoms with Crippen LogP contribution in [0, 0.1) is 0 Å². The number of rotatable bonds is 6. The zero-order valence-corrected chi connectivity index (χ0v) is 18.6. The molecule has 1 unspecified atom stereocenters. The third-order valence-corrected chi connectivity index (χ3v) is 6.94. The van der Waals surface area contributed by atoms with E-state index in [0.717, 1.165) is 68.7 Å². The highest BCUT2D eigenvalue weighted by molar-refractivity contribution is 5.97. The highest BCUT2D eigenvalue weighted by atomic mass is 16.5. The number of aliphatic hydroxyl groups is 1. The largest absolute Gasteiger partial charge is 0.490 e. The minimum atomic E-state index is -0.548. The molecule has 0 spiro atoms. The van der Waals surface area contributed by atoms with E-state index in [9.17, 15) is 9.90 Å². The van der Waals surface area contributed by atoms with E-state index in [0.29, 0.717) is 19.6 Å². The monoisotopic (exact) mass is 435 g/mol. The van der Waals surface area contributed by atoms with Crippen molar-refractivity contribution in [2.45, 2.75) is 44.4 Å². The van der Waals surface area contributed by atoms with Crippen LogP contribution in [0.3, 0.4) is 0 Å². The van der Waals surface area contributed by atoms with Crippen LogP contribution in [0.1, 0.15) is 39.9 Å². The third kappa shape index (κ3) is 4.82. The van der Waals surface area contributed by atoms with E-state index in [2.05, 4.69) is 34.5 Å². The minimum absolute atomic E-state index is 0.0164. The van der Waals surface area contributed by atoms with Crippen molar-refractivity contribution in [1.82, 2.24) is 15.1 Å². The van der Waals surface area contributed by atoms with Gasteiger partial charge in [0.15, 0.2) is 0 Å². The van der Waals surface area contributed by atoms with Crippen LogP contribution in [0.4, 0.5) is 0 Å². The Morgan fingerprint density at radius 2 is 1.78 bits per heavy atom. The summed E-state index contributed by atoms with van der Waals surface area (Å²) in [5, 5.41) is 14.1. The number of hydrogen-bond acceptors (Lipinski definition) is 5. The molecule has 1 atom stereocenters. The summed E-state index contributed by atoms with van der Waals surface area (Å²) in [7, 11) is 0. The molecule has 3 aliphatic heterocycles. The Hall–Kier alpha value is -2.41. The topological polar surface area (TPSA) is 65.0 Å². The summed E-state index contributed by atoms with van der Waals surface area (Å²) in [6.45, 7) is 5.42. The van der Waals surface area contributed by atoms with Crippen molar-refractivity contribution in [1.29, 1.82) is 0 Å². The summed E-state index contributed by atoms with van der Waals surface area (Å²) >= 11 is 0. The number of benzene rings is 2. The van der Waals surface area contributed by atoms with Crippen LogP contribution >= 0.6 is 0 Å². The molecule has 2 N–H and O–H groups in total. The van der Waals surface area contributed by atoms with Crippen molar-refractivity contribution in [2.75, 3.05) is 39.3 Å². The van der Waals surface area contributed by atoms with Gasteiger partial charge in [-0.1, -0.05) is 24.3 Å². The maximum Gasteiger partial charge on any atom is 0.254 e. The molecule has 3 heterocycles. The van der Waals surface area contributed by atoms with E-state index < -0.39 is 6.10 Å². The van der Waals surface area contributed by atoms with Gasteiger partial charge < -0.3 is 20.1 Å². The number of carbonyl (C=O) groups is 1. The first kappa shape index (κ1) is 21.4. The Morgan fingerprint density at radius 1 is 1.00 bits per heavy atom. The van der Waals surface area contributed by atoms with Gasteiger partial charge in [0.25, 0.3) is 5.91 Å². The van der Waals surface area contributed by atoms with Gasteiger partial charge in [-0.25, -0.2) is 0 Å². The highest BCUT2D eigenvalue weighted by Gasteiger charge is 2.28. The molecule has 0 aromatic heterocycles. The molecule has 2 aromatic rings. The summed E-state index contributed by atoms with van der Waals surface area (Å²) in [6, 6.07) is 14.4. The van der Waals surface area contributed by atoms with Crippen LogP contribution in [-0.2, 0) is 19.4 Å². The SMILES string of the molecule is O=C1c2ccc(OC3CCNCC3)cc2CCN1CC(O)CN1CCc2ccccc2C1. The molecule has 0 saturated carbocycles. The first-order valence-corrected chi connectivity index (χ1v) is 11.9. The Morgan fingerprint density at radius 3 is 2.62 bits per heavy atom. The lowest BCUT2D eigenvalue weighted by atomic mass is 9.98. The second-order valence-corrected chi connectivity index (χ2v) is 9.29. The molecule has 1 saturated heterocycles. The van der Waals surface area contributed by atoms with E-state index in [-0.39, 0.29) is 12.0 Å². The van der Waals surface area contributed by atoms with E-state index in [1.165, 1.54) is 11.1 Å². The zero-order valence-electron chi connectivity index (χ0n) is 18.6. The quantitative estimate of drug-likeness (QED) is 0.729. The molecule has 0 bridgehead atoms. The summed E-state index contributed by atoms with van der Waals surface area (Å²) < 4.78 is 6.15. The molecule has 0 aliphatic carbocycles. The first-order valence-electron chi connectivity index (χ1n) is 11.9. The predicted molar refractivity (Wildman–Crippen MR) is 124 cm³/mol. The van der Waals surface area contributed by atoms with Gasteiger partial charge in [0.2, 0.25) is 0 Å². The number of β-amino-alcohol motifs (C(OH)–C–C–N with tert-alkyl or cyclic N) is 1. The van der Waals surface area contributed by atoms with Crippen LogP contribution in [0.5, 0.6) is 5.75 Å². The Labute approximate surface area is 190 Å². The van der Waals surface area contributed by atoms with Crippen LogP contribution in [0.25, 0.3) is 0 Å². The molecule has 1 fully saturated rings. The van der Waals surface area contributed by atoms with Crippen molar-refractivity contribution in [3.63, 3.8) is 0 Å². The van der Waals surface area contributed by atoms with Crippen LogP contribution in [-0.4, -0.2) is 72.3 Å². The number of hydrogen-bond donors (Lipinski definition) is 2. The number of nitrogens with zero attached hydrogens (tertiary/aromatic N) is 2. The summed E-state index contributed by atoms with van der Waals surface area (Å²) in [5.41, 5.74) is 4.55. The van der Waals surface area contributed by atoms with Gasteiger partial charge in [0, 0.05) is 38.3 Å². The summed E-state index contributed by atoms with van der Waals surface area (Å²) in [5.74, 6) is 0.880. The van der Waals surface area contributed by atoms with Gasteiger partial charge >= 0.3 is 0 Å². The van der Waals surface area contributed by atoms with E-state index >= 15 is 0 Å². The number of nitrogens with one attached hydrogen (secondary N) is 1. The van der Waals surface area contributed by atoms with Crippen LogP contribution in [0.2, 0.25) is 0 Å². The molecule has 32 heavy (non-hydrogen) atoms. The number of ether oxygens (including phenoxy) is 1. The maximum absolute atomic E-state index is 13.1. The molecule has 0 radical (unpaired) electrons. The Bertz CT molecular complexity index is 957. The normalized spacial score (nSPS) is 20.5. The Balaban J connectivity index is 1.16. The first-order chi connectivity index (χ1) is 15.7. The molecule has 3 aliphatic rings. The molecular formula is C26H33N3O3. The molecule has 5 rings (SSSR count). The van der Waals surface area contributed by atoms with Gasteiger partial charge in [0.05, 0.1) is 6.10 Å². The number of piperidine rings is 1. The second kappa shape index (κ2) is 9.61. The second-order valence-electron chi connectivity index (χ2n) is 9.29. The third-order valence-electron chi connectivity index (χ3n) is 6.94. The lowest BCUT2D eigenvalue weighted by molar-refractivity contribution is 0.0492. The molecule has 6 heteroatoms. The van der Waals surface area contributed by atoms with Crippen molar-refractivity contribution in [2.24, 2.45) is 0 Å². The average molecular weight is 436 g/mol. The van der Waals surface area contributed by atoms with E-state index in [1.54, 1.807) is 4.90 Å². The van der Waals surface area contributed by atoms with E-state index in [4.69, 9.17) is 4.74 Å². The number of fused-ring (bicyclic) bond motifs is 2. The average Bonchev–Trinajstić information content (AvgIpc) is 2.81. The van der Waals surface area contributed by atoms with Gasteiger partial charge in [0.1, 0.15) is 11.9 Å². The maximum atomic E-state index is 13.1. The van der Waals surface area contributed by atoms with Gasteiger partial charge in [-0.15, -0.1) is 0 Å². The lowest BCUT2D eigenvalue weighted by Gasteiger charge is -2.34. The fraction of sp³-hybridized carbons (Fsp3) is 0.500. The van der Waals surface area contributed by atoms with Crippen molar-refractivity contribution < 1.29 is 14.6 Å². The van der Waals surface area contributed by atoms with Crippen LogP contribution in [0.15, 0.2) is 42.5 Å². The molecule has 6 nitrogen and oxygen atoms in total. The highest BCUT2D eigenvalue weighted by Crippen LogP contribution is 2.26. The zero-order chi connectivity index (χ0) is 21.9. The molecule has 1 amide bonds. The minimum Gasteiger partial charge on any atom is -0.490 e. The van der Waals surface area contributed by atoms with E-state index in [1.807, 2.05) is 18.2 Å². The number of aliphatic hydroxyl groups excluding tert-OH is 1. The van der Waals surface area contributed by atoms with Crippen molar-refractivity contribution >= 4 is 5.91 Å². The fourth-order valence-electron chi connectivity index (χ4n) is 5.19. The summed E-state index contributed by atoms with van der Waals surface area (Å²) in [4.78, 5) is 17.2. The lowest BCUT2D eigenvalue weighted by Crippen LogP contribution is -2.46. The number of carbonyl (C=O) groups excluding carboxylic acids is 1. The van der Waals surface area contributed by atoms with Gasteiger partial charge in [-0.05, 0) is 73.7 Å². The standard InChI is InChI=1S/C26H33N3O3/c30-22(17-28-13-9-19-3-1-2-4-21(19)16-28)18-29-14-10-20-15-24(5-6-25(20)26(29)31)32-23-7-11-27-12-8-23/h1-6,15,22-23,27,30H,7-14,16-18H2. The van der Waals surface area contributed by atoms with Gasteiger partial charge in [-0.3, -0.25) is 9.69 Å². The predicted octanol–water partition coefficient (Wildman–Crippen LogP) is 2.23. The van der Waals surface area contributed by atoms with Crippen LogP contribution < -0.4 is 10.1 Å². The summed E-state index contributed by atoms with van der Waals surface area (Å²) in [6.07, 6.45) is 3.55. The fourth-order valence-corrected chi connectivity index (χ4v) is 5.19. The molecule has 170 valence electrons. The van der Waals surface area contributed by atoms with Crippen molar-refractivity contribution in [3.8, 4) is 5.75 Å². The van der Waals surface area contributed by atoms with Gasteiger partial charge in [-0.2, -0.15) is 0 Å². The molecular weight excluding hydrogens is 402 g/mol.